The normalized spacial score (nSPS) is 19.7. The fraction of sp³-hybridized carbons (Fsp3) is 0.429. The number of hydrogen-bond acceptors (Lipinski definition) is 4. The predicted molar refractivity (Wildman–Crippen MR) is 110 cm³/mol. The number of pyridine rings is 1. The molecular formula is C21H26ClN3O2. The number of anilines is 2. The maximum absolute atomic E-state index is 10.7. The van der Waals surface area contributed by atoms with Crippen LogP contribution >= 0.6 is 11.6 Å². The highest BCUT2D eigenvalue weighted by Crippen LogP contribution is 2.32. The lowest BCUT2D eigenvalue weighted by Crippen LogP contribution is -2.35. The van der Waals surface area contributed by atoms with Crippen LogP contribution in [0.1, 0.15) is 20.3 Å². The molecule has 1 aromatic carbocycles. The molecule has 3 rings (SSSR count). The molecule has 0 spiro atoms. The lowest BCUT2D eigenvalue weighted by Gasteiger charge is -2.34. The van der Waals surface area contributed by atoms with Gasteiger partial charge in [0.05, 0.1) is 5.02 Å². The minimum Gasteiger partial charge on any atom is -0.385 e. The molecule has 1 aliphatic rings. The Balaban J connectivity index is 1.74. The molecule has 2 N–H and O–H groups in total. The third-order valence-electron chi connectivity index (χ3n) is 5.21. The quantitative estimate of drug-likeness (QED) is 0.676. The van der Waals surface area contributed by atoms with Crippen LogP contribution in [-0.2, 0) is 9.53 Å². The van der Waals surface area contributed by atoms with Crippen molar-refractivity contribution < 1.29 is 9.53 Å². The molecular weight excluding hydrogens is 362 g/mol. The Bertz CT molecular complexity index is 782. The van der Waals surface area contributed by atoms with Crippen molar-refractivity contribution in [3.63, 3.8) is 0 Å². The SMILES string of the molecule is CC(C)C1COCCC1CNc1cccc(-c2cc(NC=O)ncc2Cl)c1. The third-order valence-corrected chi connectivity index (χ3v) is 5.51. The molecule has 27 heavy (non-hydrogen) atoms. The summed E-state index contributed by atoms with van der Waals surface area (Å²) in [7, 11) is 0. The molecule has 0 bridgehead atoms. The Hall–Kier alpha value is -2.11. The number of ether oxygens (including phenoxy) is 1. The summed E-state index contributed by atoms with van der Waals surface area (Å²) in [5.74, 6) is 2.28. The summed E-state index contributed by atoms with van der Waals surface area (Å²) in [6, 6.07) is 9.93. The van der Waals surface area contributed by atoms with Gasteiger partial charge in [-0.3, -0.25) is 4.79 Å². The van der Waals surface area contributed by atoms with Gasteiger partial charge in [0.2, 0.25) is 6.41 Å². The second-order valence-corrected chi connectivity index (χ2v) is 7.71. The van der Waals surface area contributed by atoms with E-state index in [-0.39, 0.29) is 0 Å². The van der Waals surface area contributed by atoms with E-state index in [0.717, 1.165) is 43.0 Å². The number of carbonyl (C=O) groups excluding carboxylic acids is 1. The van der Waals surface area contributed by atoms with Crippen molar-refractivity contribution in [1.29, 1.82) is 0 Å². The number of aromatic nitrogens is 1. The number of amides is 1. The molecule has 0 aliphatic carbocycles. The Morgan fingerprint density at radius 2 is 2.22 bits per heavy atom. The Kier molecular flexibility index (Phi) is 6.69. The molecule has 1 amide bonds. The first kappa shape index (κ1) is 19.6. The van der Waals surface area contributed by atoms with Crippen LogP contribution in [0.4, 0.5) is 11.5 Å². The maximum atomic E-state index is 10.7. The molecule has 1 fully saturated rings. The molecule has 0 radical (unpaired) electrons. The summed E-state index contributed by atoms with van der Waals surface area (Å²) in [6.07, 6.45) is 3.25. The van der Waals surface area contributed by atoms with Gasteiger partial charge < -0.3 is 15.4 Å². The second kappa shape index (κ2) is 9.20. The fourth-order valence-electron chi connectivity index (χ4n) is 3.64. The van der Waals surface area contributed by atoms with E-state index in [4.69, 9.17) is 16.3 Å². The van der Waals surface area contributed by atoms with E-state index >= 15 is 0 Å². The smallest absolute Gasteiger partial charge is 0.212 e. The number of benzene rings is 1. The minimum atomic E-state index is 0.477. The van der Waals surface area contributed by atoms with Crippen LogP contribution < -0.4 is 10.6 Å². The Morgan fingerprint density at radius 1 is 1.37 bits per heavy atom. The molecule has 2 aromatic rings. The van der Waals surface area contributed by atoms with Crippen LogP contribution in [0.3, 0.4) is 0 Å². The first-order chi connectivity index (χ1) is 13.1. The lowest BCUT2D eigenvalue weighted by atomic mass is 9.80. The van der Waals surface area contributed by atoms with Gasteiger partial charge in [0.1, 0.15) is 5.82 Å². The number of nitrogens with one attached hydrogen (secondary N) is 2. The van der Waals surface area contributed by atoms with Gasteiger partial charge in [-0.15, -0.1) is 0 Å². The Labute approximate surface area is 165 Å². The van der Waals surface area contributed by atoms with Crippen molar-refractivity contribution in [1.82, 2.24) is 4.98 Å². The van der Waals surface area contributed by atoms with Crippen molar-refractivity contribution in [3.8, 4) is 11.1 Å². The van der Waals surface area contributed by atoms with Gasteiger partial charge in [0, 0.05) is 37.2 Å². The van der Waals surface area contributed by atoms with E-state index in [1.54, 1.807) is 12.3 Å². The summed E-state index contributed by atoms with van der Waals surface area (Å²) in [5.41, 5.74) is 2.87. The minimum absolute atomic E-state index is 0.477. The van der Waals surface area contributed by atoms with Crippen molar-refractivity contribution >= 4 is 29.5 Å². The van der Waals surface area contributed by atoms with E-state index in [1.165, 1.54) is 0 Å². The van der Waals surface area contributed by atoms with Gasteiger partial charge in [-0.1, -0.05) is 37.6 Å². The molecule has 2 unspecified atom stereocenters. The zero-order valence-corrected chi connectivity index (χ0v) is 16.5. The van der Waals surface area contributed by atoms with Crippen molar-refractivity contribution in [3.05, 3.63) is 41.6 Å². The molecule has 5 nitrogen and oxygen atoms in total. The van der Waals surface area contributed by atoms with Crippen LogP contribution in [-0.4, -0.2) is 31.2 Å². The van der Waals surface area contributed by atoms with E-state index < -0.39 is 0 Å². The Morgan fingerprint density at radius 3 is 3.00 bits per heavy atom. The first-order valence-corrected chi connectivity index (χ1v) is 9.74. The number of halogens is 1. The van der Waals surface area contributed by atoms with Gasteiger partial charge in [0.15, 0.2) is 0 Å². The summed E-state index contributed by atoms with van der Waals surface area (Å²) in [4.78, 5) is 14.8. The molecule has 0 saturated carbocycles. The van der Waals surface area contributed by atoms with Crippen LogP contribution in [0.5, 0.6) is 0 Å². The van der Waals surface area contributed by atoms with Gasteiger partial charge in [-0.05, 0) is 47.9 Å². The monoisotopic (exact) mass is 387 g/mol. The number of nitrogens with zero attached hydrogens (tertiary/aromatic N) is 1. The fourth-order valence-corrected chi connectivity index (χ4v) is 3.85. The number of hydrogen-bond donors (Lipinski definition) is 2. The van der Waals surface area contributed by atoms with Crippen LogP contribution in [0, 0.1) is 17.8 Å². The second-order valence-electron chi connectivity index (χ2n) is 7.30. The molecule has 2 heterocycles. The van der Waals surface area contributed by atoms with Gasteiger partial charge in [-0.25, -0.2) is 4.98 Å². The predicted octanol–water partition coefficient (Wildman–Crippen LogP) is 4.69. The molecule has 2 atom stereocenters. The molecule has 144 valence electrons. The number of rotatable bonds is 7. The average molecular weight is 388 g/mol. The van der Waals surface area contributed by atoms with E-state index in [0.29, 0.717) is 35.0 Å². The zero-order chi connectivity index (χ0) is 19.2. The van der Waals surface area contributed by atoms with E-state index in [9.17, 15) is 4.79 Å². The molecule has 1 saturated heterocycles. The van der Waals surface area contributed by atoms with Crippen LogP contribution in [0.25, 0.3) is 11.1 Å². The van der Waals surface area contributed by atoms with E-state index in [2.05, 4.69) is 41.6 Å². The first-order valence-electron chi connectivity index (χ1n) is 9.36. The largest absolute Gasteiger partial charge is 0.385 e. The lowest BCUT2D eigenvalue weighted by molar-refractivity contribution is -0.105. The van der Waals surface area contributed by atoms with Gasteiger partial charge in [-0.2, -0.15) is 0 Å². The van der Waals surface area contributed by atoms with Crippen LogP contribution in [0.15, 0.2) is 36.5 Å². The van der Waals surface area contributed by atoms with E-state index in [1.807, 2.05) is 12.1 Å². The highest BCUT2D eigenvalue weighted by molar-refractivity contribution is 6.33. The molecule has 1 aliphatic heterocycles. The molecule has 6 heteroatoms. The summed E-state index contributed by atoms with van der Waals surface area (Å²) in [5, 5.41) is 6.70. The van der Waals surface area contributed by atoms with Crippen molar-refractivity contribution in [2.45, 2.75) is 20.3 Å². The summed E-state index contributed by atoms with van der Waals surface area (Å²) < 4.78 is 5.67. The topological polar surface area (TPSA) is 63.2 Å². The van der Waals surface area contributed by atoms with Gasteiger partial charge >= 0.3 is 0 Å². The number of carbonyl (C=O) groups is 1. The highest BCUT2D eigenvalue weighted by atomic mass is 35.5. The van der Waals surface area contributed by atoms with Crippen molar-refractivity contribution in [2.24, 2.45) is 17.8 Å². The summed E-state index contributed by atoms with van der Waals surface area (Å²) >= 11 is 6.32. The third kappa shape index (κ3) is 4.99. The zero-order valence-electron chi connectivity index (χ0n) is 15.7. The average Bonchev–Trinajstić information content (AvgIpc) is 2.68. The maximum Gasteiger partial charge on any atom is 0.212 e. The van der Waals surface area contributed by atoms with Gasteiger partial charge in [0.25, 0.3) is 0 Å². The highest BCUT2D eigenvalue weighted by Gasteiger charge is 2.27. The summed E-state index contributed by atoms with van der Waals surface area (Å²) in [6.45, 7) is 7.16. The standard InChI is InChI=1S/C21H26ClN3O2/c1-14(2)19-12-27-7-6-16(19)10-23-17-5-3-4-15(8-17)18-9-21(25-13-26)24-11-20(18)22/h3-5,8-9,11,13-14,16,19,23H,6-7,10,12H2,1-2H3,(H,24,25,26). The van der Waals surface area contributed by atoms with Crippen molar-refractivity contribution in [2.75, 3.05) is 30.4 Å². The van der Waals surface area contributed by atoms with Crippen LogP contribution in [0.2, 0.25) is 5.02 Å². The molecule has 1 aromatic heterocycles.